The number of anilines is 2. The SMILES string of the molecule is CC(=O)c1ccc(N[C@@H]2c3ccccc3C(=O)N2c2ccc(Cl)cn2)cc1. The molecule has 1 amide bonds. The van der Waals surface area contributed by atoms with Crippen LogP contribution in [0.15, 0.2) is 66.9 Å². The molecule has 0 saturated carbocycles. The first kappa shape index (κ1) is 17.2. The van der Waals surface area contributed by atoms with Crippen molar-refractivity contribution in [3.63, 3.8) is 0 Å². The maximum absolute atomic E-state index is 13.0. The van der Waals surface area contributed by atoms with Crippen molar-refractivity contribution in [1.82, 2.24) is 4.98 Å². The van der Waals surface area contributed by atoms with Gasteiger partial charge in [0.05, 0.1) is 5.02 Å². The Labute approximate surface area is 161 Å². The van der Waals surface area contributed by atoms with Gasteiger partial charge in [0.1, 0.15) is 12.0 Å². The van der Waals surface area contributed by atoms with Gasteiger partial charge in [0, 0.05) is 28.6 Å². The number of hydrogen-bond donors (Lipinski definition) is 1. The molecule has 0 radical (unpaired) electrons. The fourth-order valence-electron chi connectivity index (χ4n) is 3.16. The lowest BCUT2D eigenvalue weighted by Gasteiger charge is -2.26. The second-order valence-electron chi connectivity index (χ2n) is 6.28. The molecule has 0 saturated heterocycles. The molecule has 6 heteroatoms. The number of hydrogen-bond acceptors (Lipinski definition) is 4. The predicted molar refractivity (Wildman–Crippen MR) is 105 cm³/mol. The maximum Gasteiger partial charge on any atom is 0.261 e. The van der Waals surface area contributed by atoms with E-state index in [9.17, 15) is 9.59 Å². The van der Waals surface area contributed by atoms with Crippen molar-refractivity contribution in [1.29, 1.82) is 0 Å². The Hall–Kier alpha value is -3.18. The lowest BCUT2D eigenvalue weighted by Crippen LogP contribution is -2.32. The van der Waals surface area contributed by atoms with Crippen molar-refractivity contribution in [3.8, 4) is 0 Å². The molecule has 1 aliphatic heterocycles. The third-order valence-corrected chi connectivity index (χ3v) is 4.74. The van der Waals surface area contributed by atoms with Crippen LogP contribution in [0.4, 0.5) is 11.5 Å². The average Bonchev–Trinajstić information content (AvgIpc) is 2.95. The van der Waals surface area contributed by atoms with E-state index in [0.717, 1.165) is 11.3 Å². The molecule has 134 valence electrons. The third-order valence-electron chi connectivity index (χ3n) is 4.52. The first-order valence-electron chi connectivity index (χ1n) is 8.46. The van der Waals surface area contributed by atoms with Crippen LogP contribution in [-0.2, 0) is 0 Å². The molecule has 3 aromatic rings. The van der Waals surface area contributed by atoms with Crippen LogP contribution in [0, 0.1) is 0 Å². The molecule has 0 fully saturated rings. The zero-order valence-electron chi connectivity index (χ0n) is 14.5. The van der Waals surface area contributed by atoms with Crippen LogP contribution in [0.1, 0.15) is 39.4 Å². The fourth-order valence-corrected chi connectivity index (χ4v) is 3.28. The average molecular weight is 378 g/mol. The first-order chi connectivity index (χ1) is 13.0. The highest BCUT2D eigenvalue weighted by Gasteiger charge is 2.38. The number of nitrogens with zero attached hydrogens (tertiary/aromatic N) is 2. The van der Waals surface area contributed by atoms with Crippen LogP contribution in [0.25, 0.3) is 0 Å². The van der Waals surface area contributed by atoms with E-state index in [1.54, 1.807) is 35.2 Å². The molecule has 1 aromatic heterocycles. The lowest BCUT2D eigenvalue weighted by molar-refractivity contribution is 0.0989. The number of pyridine rings is 1. The quantitative estimate of drug-likeness (QED) is 0.669. The van der Waals surface area contributed by atoms with Crippen LogP contribution in [-0.4, -0.2) is 16.7 Å². The number of ketones is 1. The van der Waals surface area contributed by atoms with E-state index < -0.39 is 6.17 Å². The molecule has 1 atom stereocenters. The minimum Gasteiger partial charge on any atom is -0.361 e. The second kappa shape index (κ2) is 6.85. The Morgan fingerprint density at radius 2 is 1.81 bits per heavy atom. The van der Waals surface area contributed by atoms with Crippen LogP contribution in [0.2, 0.25) is 5.02 Å². The van der Waals surface area contributed by atoms with Crippen molar-refractivity contribution in [2.75, 3.05) is 10.2 Å². The van der Waals surface area contributed by atoms with Crippen molar-refractivity contribution < 1.29 is 9.59 Å². The lowest BCUT2D eigenvalue weighted by atomic mass is 10.1. The molecule has 2 aromatic carbocycles. The van der Waals surface area contributed by atoms with Gasteiger partial charge in [0.15, 0.2) is 5.78 Å². The van der Waals surface area contributed by atoms with Crippen molar-refractivity contribution in [2.45, 2.75) is 13.1 Å². The van der Waals surface area contributed by atoms with Gasteiger partial charge in [-0.3, -0.25) is 14.5 Å². The predicted octanol–water partition coefficient (Wildman–Crippen LogP) is 4.71. The van der Waals surface area contributed by atoms with E-state index in [1.165, 1.54) is 13.1 Å². The van der Waals surface area contributed by atoms with Gasteiger partial charge in [-0.2, -0.15) is 0 Å². The van der Waals surface area contributed by atoms with Crippen LogP contribution >= 0.6 is 11.6 Å². The summed E-state index contributed by atoms with van der Waals surface area (Å²) in [7, 11) is 0. The normalized spacial score (nSPS) is 15.6. The highest BCUT2D eigenvalue weighted by Crippen LogP contribution is 2.37. The first-order valence-corrected chi connectivity index (χ1v) is 8.84. The van der Waals surface area contributed by atoms with E-state index in [0.29, 0.717) is 22.0 Å². The van der Waals surface area contributed by atoms with Gasteiger partial charge in [-0.25, -0.2) is 4.98 Å². The van der Waals surface area contributed by atoms with Crippen LogP contribution in [0.3, 0.4) is 0 Å². The number of aromatic nitrogens is 1. The molecule has 4 rings (SSSR count). The van der Waals surface area contributed by atoms with Crippen molar-refractivity contribution >= 4 is 34.8 Å². The van der Waals surface area contributed by atoms with Gasteiger partial charge < -0.3 is 5.32 Å². The monoisotopic (exact) mass is 377 g/mol. The largest absolute Gasteiger partial charge is 0.361 e. The summed E-state index contributed by atoms with van der Waals surface area (Å²) in [5.41, 5.74) is 2.94. The summed E-state index contributed by atoms with van der Waals surface area (Å²) >= 11 is 5.94. The summed E-state index contributed by atoms with van der Waals surface area (Å²) < 4.78 is 0. The molecular weight excluding hydrogens is 362 g/mol. The molecular formula is C21H16ClN3O2. The summed E-state index contributed by atoms with van der Waals surface area (Å²) in [6.07, 6.45) is 1.11. The highest BCUT2D eigenvalue weighted by molar-refractivity contribution is 6.30. The smallest absolute Gasteiger partial charge is 0.261 e. The molecule has 0 aliphatic carbocycles. The number of fused-ring (bicyclic) bond motifs is 1. The number of benzene rings is 2. The number of rotatable bonds is 4. The van der Waals surface area contributed by atoms with Gasteiger partial charge in [-0.15, -0.1) is 0 Å². The molecule has 1 aliphatic rings. The minimum absolute atomic E-state index is 0.00919. The topological polar surface area (TPSA) is 62.3 Å². The third kappa shape index (κ3) is 3.17. The van der Waals surface area contributed by atoms with Gasteiger partial charge in [0.25, 0.3) is 5.91 Å². The number of carbonyl (C=O) groups excluding carboxylic acids is 2. The maximum atomic E-state index is 13.0. The molecule has 5 nitrogen and oxygen atoms in total. The second-order valence-corrected chi connectivity index (χ2v) is 6.71. The number of Topliss-reactive ketones (excluding diaryl/α,β-unsaturated/α-hetero) is 1. The molecule has 27 heavy (non-hydrogen) atoms. The standard InChI is InChI=1S/C21H16ClN3O2/c1-13(26)14-6-9-16(10-7-14)24-20-17-4-2-3-5-18(17)21(27)25(20)19-11-8-15(22)12-23-19/h2-12,20,24H,1H3/t20-/m0/s1. The number of halogens is 1. The molecule has 0 bridgehead atoms. The Bertz CT molecular complexity index is 1020. The van der Waals surface area contributed by atoms with Crippen LogP contribution in [0.5, 0.6) is 0 Å². The van der Waals surface area contributed by atoms with Gasteiger partial charge in [-0.1, -0.05) is 29.8 Å². The summed E-state index contributed by atoms with van der Waals surface area (Å²) in [6.45, 7) is 1.53. The molecule has 1 N–H and O–H groups in total. The summed E-state index contributed by atoms with van der Waals surface area (Å²) in [5.74, 6) is 0.395. The minimum atomic E-state index is -0.412. The Morgan fingerprint density at radius 1 is 1.07 bits per heavy atom. The Balaban J connectivity index is 1.73. The number of amides is 1. The number of nitrogens with one attached hydrogen (secondary N) is 1. The summed E-state index contributed by atoms with van der Waals surface area (Å²) in [4.78, 5) is 30.4. The van der Waals surface area contributed by atoms with Gasteiger partial charge >= 0.3 is 0 Å². The zero-order valence-corrected chi connectivity index (χ0v) is 15.3. The molecule has 2 heterocycles. The zero-order chi connectivity index (χ0) is 19.0. The van der Waals surface area contributed by atoms with E-state index >= 15 is 0 Å². The number of carbonyl (C=O) groups is 2. The fraction of sp³-hybridized carbons (Fsp3) is 0.0952. The van der Waals surface area contributed by atoms with E-state index in [-0.39, 0.29) is 11.7 Å². The van der Waals surface area contributed by atoms with E-state index in [4.69, 9.17) is 11.6 Å². The van der Waals surface area contributed by atoms with E-state index in [2.05, 4.69) is 10.3 Å². The van der Waals surface area contributed by atoms with E-state index in [1.807, 2.05) is 30.3 Å². The molecule has 0 spiro atoms. The molecule has 0 unspecified atom stereocenters. The highest BCUT2D eigenvalue weighted by atomic mass is 35.5. The Kier molecular flexibility index (Phi) is 4.38. The summed E-state index contributed by atoms with van der Waals surface area (Å²) in [5, 5.41) is 3.88. The van der Waals surface area contributed by atoms with Crippen molar-refractivity contribution in [3.05, 3.63) is 88.6 Å². The summed E-state index contributed by atoms with van der Waals surface area (Å²) in [6, 6.07) is 18.1. The van der Waals surface area contributed by atoms with Gasteiger partial charge in [0.2, 0.25) is 0 Å². The van der Waals surface area contributed by atoms with Crippen LogP contribution < -0.4 is 10.2 Å². The Morgan fingerprint density at radius 3 is 2.48 bits per heavy atom. The van der Waals surface area contributed by atoms with Crippen molar-refractivity contribution in [2.24, 2.45) is 0 Å². The van der Waals surface area contributed by atoms with Gasteiger partial charge in [-0.05, 0) is 49.4 Å².